The Balaban J connectivity index is 2.20. The van der Waals surface area contributed by atoms with Crippen LogP contribution in [-0.4, -0.2) is 5.11 Å². The Hall–Kier alpha value is -1.80. The molecule has 0 aliphatic carbocycles. The van der Waals surface area contributed by atoms with Crippen molar-refractivity contribution in [2.45, 2.75) is 46.1 Å². The first-order valence-corrected chi connectivity index (χ1v) is 7.34. The molecule has 0 spiro atoms. The second kappa shape index (κ2) is 5.90. The summed E-state index contributed by atoms with van der Waals surface area (Å²) in [5.74, 6) is 1.65. The summed E-state index contributed by atoms with van der Waals surface area (Å²) >= 11 is 0. The van der Waals surface area contributed by atoms with Gasteiger partial charge in [-0.1, -0.05) is 45.0 Å². The molecule has 1 N–H and O–H groups in total. The van der Waals surface area contributed by atoms with Crippen LogP contribution in [0.5, 0.6) is 11.5 Å². The van der Waals surface area contributed by atoms with Gasteiger partial charge >= 0.3 is 0 Å². The molecule has 0 amide bonds. The van der Waals surface area contributed by atoms with Crippen LogP contribution >= 0.6 is 0 Å². The van der Waals surface area contributed by atoms with Gasteiger partial charge in [-0.25, -0.2) is 0 Å². The third kappa shape index (κ3) is 3.85. The van der Waals surface area contributed by atoms with Gasteiger partial charge in [-0.2, -0.15) is 0 Å². The average molecular weight is 284 g/mol. The van der Waals surface area contributed by atoms with Gasteiger partial charge < -0.3 is 9.84 Å². The topological polar surface area (TPSA) is 29.5 Å². The highest BCUT2D eigenvalue weighted by atomic mass is 16.5. The Kier molecular flexibility index (Phi) is 4.38. The summed E-state index contributed by atoms with van der Waals surface area (Å²) in [4.78, 5) is 0. The molecule has 0 radical (unpaired) electrons. The summed E-state index contributed by atoms with van der Waals surface area (Å²) in [5.41, 5.74) is 3.46. The van der Waals surface area contributed by atoms with Gasteiger partial charge in [0.15, 0.2) is 0 Å². The van der Waals surface area contributed by atoms with E-state index >= 15 is 0 Å². The fourth-order valence-electron chi connectivity index (χ4n) is 2.17. The average Bonchev–Trinajstić information content (AvgIpc) is 2.40. The Morgan fingerprint density at radius 1 is 1.00 bits per heavy atom. The van der Waals surface area contributed by atoms with Crippen LogP contribution in [0, 0.1) is 6.92 Å². The highest BCUT2D eigenvalue weighted by Gasteiger charge is 2.15. The van der Waals surface area contributed by atoms with Crippen molar-refractivity contribution in [1.82, 2.24) is 0 Å². The molecule has 1 atom stereocenters. The number of hydrogen-bond donors (Lipinski definition) is 1. The van der Waals surface area contributed by atoms with E-state index in [4.69, 9.17) is 4.74 Å². The van der Waals surface area contributed by atoms with Gasteiger partial charge in [0.05, 0.1) is 6.10 Å². The summed E-state index contributed by atoms with van der Waals surface area (Å²) in [6.07, 6.45) is -0.452. The SMILES string of the molecule is Cc1cc(C(C)(C)C)ccc1Oc1ccc([C@H](C)O)cc1. The predicted octanol–water partition coefficient (Wildman–Crippen LogP) is 5.14. The molecule has 0 heterocycles. The minimum atomic E-state index is -0.452. The minimum absolute atomic E-state index is 0.141. The maximum Gasteiger partial charge on any atom is 0.130 e. The molecule has 2 aromatic rings. The molecule has 2 rings (SSSR count). The fraction of sp³-hybridized carbons (Fsp3) is 0.368. The van der Waals surface area contributed by atoms with E-state index in [2.05, 4.69) is 39.8 Å². The van der Waals surface area contributed by atoms with E-state index in [0.717, 1.165) is 22.6 Å². The van der Waals surface area contributed by atoms with Crippen LogP contribution in [0.1, 0.15) is 50.5 Å². The maximum absolute atomic E-state index is 9.51. The highest BCUT2D eigenvalue weighted by Crippen LogP contribution is 2.30. The first kappa shape index (κ1) is 15.6. The first-order chi connectivity index (χ1) is 9.77. The molecule has 112 valence electrons. The van der Waals surface area contributed by atoms with Gasteiger partial charge in [0.25, 0.3) is 0 Å². The van der Waals surface area contributed by atoms with Gasteiger partial charge in [0.1, 0.15) is 11.5 Å². The van der Waals surface area contributed by atoms with E-state index in [-0.39, 0.29) is 5.41 Å². The molecule has 2 nitrogen and oxygen atoms in total. The molecule has 0 bridgehead atoms. The van der Waals surface area contributed by atoms with E-state index in [9.17, 15) is 5.11 Å². The van der Waals surface area contributed by atoms with Gasteiger partial charge in [0.2, 0.25) is 0 Å². The predicted molar refractivity (Wildman–Crippen MR) is 87.0 cm³/mol. The lowest BCUT2D eigenvalue weighted by Crippen LogP contribution is -2.11. The second-order valence-corrected chi connectivity index (χ2v) is 6.58. The summed E-state index contributed by atoms with van der Waals surface area (Å²) in [7, 11) is 0. The van der Waals surface area contributed by atoms with Gasteiger partial charge in [-0.3, -0.25) is 0 Å². The number of aliphatic hydroxyl groups is 1. The van der Waals surface area contributed by atoms with E-state index in [0.29, 0.717) is 0 Å². The molecule has 0 saturated carbocycles. The largest absolute Gasteiger partial charge is 0.457 e. The van der Waals surface area contributed by atoms with Crippen LogP contribution in [0.4, 0.5) is 0 Å². The van der Waals surface area contributed by atoms with E-state index in [1.54, 1.807) is 6.92 Å². The summed E-state index contributed by atoms with van der Waals surface area (Å²) < 4.78 is 5.93. The molecule has 0 aliphatic heterocycles. The molecule has 2 heteroatoms. The van der Waals surface area contributed by atoms with Crippen molar-refractivity contribution in [3.8, 4) is 11.5 Å². The summed E-state index contributed by atoms with van der Waals surface area (Å²) in [6, 6.07) is 13.9. The normalized spacial score (nSPS) is 13.0. The summed E-state index contributed by atoms with van der Waals surface area (Å²) in [5, 5.41) is 9.51. The third-order valence-electron chi connectivity index (χ3n) is 3.63. The molecule has 2 aromatic carbocycles. The molecule has 0 aromatic heterocycles. The Labute approximate surface area is 127 Å². The lowest BCUT2D eigenvalue weighted by molar-refractivity contribution is 0.199. The van der Waals surface area contributed by atoms with Gasteiger partial charge in [-0.05, 0) is 54.2 Å². The zero-order valence-corrected chi connectivity index (χ0v) is 13.5. The van der Waals surface area contributed by atoms with Gasteiger partial charge in [-0.15, -0.1) is 0 Å². The molecule has 0 fully saturated rings. The van der Waals surface area contributed by atoms with E-state index < -0.39 is 6.10 Å². The van der Waals surface area contributed by atoms with E-state index in [1.807, 2.05) is 30.3 Å². The zero-order valence-electron chi connectivity index (χ0n) is 13.5. The molecule has 0 aliphatic rings. The standard InChI is InChI=1S/C19H24O2/c1-13-12-16(19(3,4)5)8-11-18(13)21-17-9-6-15(7-10-17)14(2)20/h6-12,14,20H,1-5H3/t14-/m0/s1. The van der Waals surface area contributed by atoms with E-state index in [1.165, 1.54) is 5.56 Å². The summed E-state index contributed by atoms with van der Waals surface area (Å²) in [6.45, 7) is 10.4. The minimum Gasteiger partial charge on any atom is -0.457 e. The Bertz CT molecular complexity index is 604. The first-order valence-electron chi connectivity index (χ1n) is 7.34. The smallest absolute Gasteiger partial charge is 0.130 e. The molecule has 21 heavy (non-hydrogen) atoms. The number of hydrogen-bond acceptors (Lipinski definition) is 2. The van der Waals surface area contributed by atoms with Gasteiger partial charge in [0, 0.05) is 0 Å². The van der Waals surface area contributed by atoms with Crippen LogP contribution in [-0.2, 0) is 5.41 Å². The van der Waals surface area contributed by atoms with Crippen molar-refractivity contribution in [2.75, 3.05) is 0 Å². The molecular weight excluding hydrogens is 260 g/mol. The van der Waals surface area contributed by atoms with Crippen molar-refractivity contribution in [1.29, 1.82) is 0 Å². The van der Waals surface area contributed by atoms with Crippen LogP contribution < -0.4 is 4.74 Å². The molecule has 0 unspecified atom stereocenters. The maximum atomic E-state index is 9.51. The number of benzene rings is 2. The number of aryl methyl sites for hydroxylation is 1. The molecular formula is C19H24O2. The van der Waals surface area contributed by atoms with Crippen LogP contribution in [0.3, 0.4) is 0 Å². The van der Waals surface area contributed by atoms with Crippen molar-refractivity contribution >= 4 is 0 Å². The van der Waals surface area contributed by atoms with Crippen molar-refractivity contribution in [3.63, 3.8) is 0 Å². The Morgan fingerprint density at radius 2 is 1.62 bits per heavy atom. The van der Waals surface area contributed by atoms with Crippen molar-refractivity contribution in [3.05, 3.63) is 59.2 Å². The van der Waals surface area contributed by atoms with Crippen molar-refractivity contribution in [2.24, 2.45) is 0 Å². The number of ether oxygens (including phenoxy) is 1. The highest BCUT2D eigenvalue weighted by molar-refractivity contribution is 5.42. The fourth-order valence-corrected chi connectivity index (χ4v) is 2.17. The monoisotopic (exact) mass is 284 g/mol. The van der Waals surface area contributed by atoms with Crippen LogP contribution in [0.25, 0.3) is 0 Å². The quantitative estimate of drug-likeness (QED) is 0.845. The lowest BCUT2D eigenvalue weighted by Gasteiger charge is -2.20. The second-order valence-electron chi connectivity index (χ2n) is 6.58. The number of aliphatic hydroxyl groups excluding tert-OH is 1. The third-order valence-corrected chi connectivity index (χ3v) is 3.63. The van der Waals surface area contributed by atoms with Crippen molar-refractivity contribution < 1.29 is 9.84 Å². The van der Waals surface area contributed by atoms with Crippen LogP contribution in [0.2, 0.25) is 0 Å². The lowest BCUT2D eigenvalue weighted by atomic mass is 9.86. The zero-order chi connectivity index (χ0) is 15.6. The number of rotatable bonds is 3. The molecule has 0 saturated heterocycles. The Morgan fingerprint density at radius 3 is 2.10 bits per heavy atom. The van der Waals surface area contributed by atoms with Crippen LogP contribution in [0.15, 0.2) is 42.5 Å².